The summed E-state index contributed by atoms with van der Waals surface area (Å²) in [5, 5.41) is 8.95. The number of aliphatic hydroxyl groups is 1. The SMILES string of the molecule is O=CC(O)Cc1ccc(C(F)(F)F)cc1. The molecule has 82 valence electrons. The molecule has 0 spiro atoms. The number of aldehydes is 1. The normalized spacial score (nSPS) is 13.6. The van der Waals surface area contributed by atoms with Gasteiger partial charge in [-0.15, -0.1) is 0 Å². The van der Waals surface area contributed by atoms with E-state index in [4.69, 9.17) is 5.11 Å². The van der Waals surface area contributed by atoms with Gasteiger partial charge in [0.2, 0.25) is 0 Å². The third kappa shape index (κ3) is 3.36. The number of alkyl halides is 3. The predicted octanol–water partition coefficient (Wildman–Crippen LogP) is 1.81. The van der Waals surface area contributed by atoms with E-state index in [0.29, 0.717) is 11.8 Å². The molecule has 1 N–H and O–H groups in total. The summed E-state index contributed by atoms with van der Waals surface area (Å²) in [6, 6.07) is 4.34. The summed E-state index contributed by atoms with van der Waals surface area (Å²) in [6.07, 6.45) is -5.15. The Hall–Kier alpha value is -1.36. The molecular formula is C10H9F3O2. The Morgan fingerprint density at radius 2 is 1.80 bits per heavy atom. The van der Waals surface area contributed by atoms with Crippen LogP contribution in [0.4, 0.5) is 13.2 Å². The average molecular weight is 218 g/mol. The van der Waals surface area contributed by atoms with Crippen LogP contribution in [0, 0.1) is 0 Å². The summed E-state index contributed by atoms with van der Waals surface area (Å²) >= 11 is 0. The van der Waals surface area contributed by atoms with E-state index in [1.165, 1.54) is 12.1 Å². The van der Waals surface area contributed by atoms with Gasteiger partial charge in [0.1, 0.15) is 12.4 Å². The standard InChI is InChI=1S/C10H9F3O2/c11-10(12,13)8-3-1-7(2-4-8)5-9(15)6-14/h1-4,6,9,15H,5H2. The van der Waals surface area contributed by atoms with Crippen LogP contribution >= 0.6 is 0 Å². The smallest absolute Gasteiger partial charge is 0.385 e. The number of aliphatic hydroxyl groups excluding tert-OH is 1. The van der Waals surface area contributed by atoms with E-state index in [-0.39, 0.29) is 6.42 Å². The van der Waals surface area contributed by atoms with Gasteiger partial charge in [-0.05, 0) is 17.7 Å². The summed E-state index contributed by atoms with van der Waals surface area (Å²) < 4.78 is 36.4. The highest BCUT2D eigenvalue weighted by Crippen LogP contribution is 2.29. The molecule has 0 aliphatic rings. The van der Waals surface area contributed by atoms with Crippen molar-refractivity contribution in [3.63, 3.8) is 0 Å². The molecule has 0 fully saturated rings. The minimum absolute atomic E-state index is 0.0294. The molecule has 0 amide bonds. The molecule has 5 heteroatoms. The van der Waals surface area contributed by atoms with Crippen LogP contribution in [0.25, 0.3) is 0 Å². The second-order valence-electron chi connectivity index (χ2n) is 3.10. The van der Waals surface area contributed by atoms with Crippen LogP contribution in [0.1, 0.15) is 11.1 Å². The molecular weight excluding hydrogens is 209 g/mol. The van der Waals surface area contributed by atoms with E-state index in [9.17, 15) is 18.0 Å². The van der Waals surface area contributed by atoms with E-state index >= 15 is 0 Å². The van der Waals surface area contributed by atoms with E-state index in [0.717, 1.165) is 12.1 Å². The lowest BCUT2D eigenvalue weighted by molar-refractivity contribution is -0.137. The van der Waals surface area contributed by atoms with Gasteiger partial charge >= 0.3 is 6.18 Å². The third-order valence-corrected chi connectivity index (χ3v) is 1.88. The Morgan fingerprint density at radius 1 is 1.27 bits per heavy atom. The van der Waals surface area contributed by atoms with E-state index in [1.807, 2.05) is 0 Å². The molecule has 15 heavy (non-hydrogen) atoms. The molecule has 2 nitrogen and oxygen atoms in total. The molecule has 1 unspecified atom stereocenters. The fourth-order valence-corrected chi connectivity index (χ4v) is 1.12. The highest BCUT2D eigenvalue weighted by Gasteiger charge is 2.29. The van der Waals surface area contributed by atoms with Crippen molar-refractivity contribution in [2.45, 2.75) is 18.7 Å². The van der Waals surface area contributed by atoms with Gasteiger partial charge in [0.05, 0.1) is 5.56 Å². The van der Waals surface area contributed by atoms with Crippen molar-refractivity contribution < 1.29 is 23.1 Å². The zero-order valence-electron chi connectivity index (χ0n) is 7.66. The van der Waals surface area contributed by atoms with Crippen LogP contribution in [0.2, 0.25) is 0 Å². The number of carbonyl (C=O) groups is 1. The van der Waals surface area contributed by atoms with E-state index in [2.05, 4.69) is 0 Å². The maximum atomic E-state index is 12.1. The van der Waals surface area contributed by atoms with Crippen molar-refractivity contribution in [1.29, 1.82) is 0 Å². The Balaban J connectivity index is 2.77. The van der Waals surface area contributed by atoms with E-state index in [1.54, 1.807) is 0 Å². The highest BCUT2D eigenvalue weighted by molar-refractivity contribution is 5.56. The van der Waals surface area contributed by atoms with Crippen molar-refractivity contribution in [2.75, 3.05) is 0 Å². The third-order valence-electron chi connectivity index (χ3n) is 1.88. The van der Waals surface area contributed by atoms with Gasteiger partial charge in [-0.3, -0.25) is 0 Å². The molecule has 0 aliphatic carbocycles. The van der Waals surface area contributed by atoms with Crippen molar-refractivity contribution >= 4 is 6.29 Å². The van der Waals surface area contributed by atoms with Crippen LogP contribution in [0.3, 0.4) is 0 Å². The molecule has 1 rings (SSSR count). The molecule has 0 saturated carbocycles. The molecule has 0 radical (unpaired) electrons. The lowest BCUT2D eigenvalue weighted by Gasteiger charge is -2.08. The first-order valence-electron chi connectivity index (χ1n) is 4.23. The topological polar surface area (TPSA) is 37.3 Å². The second kappa shape index (κ2) is 4.44. The Bertz CT molecular complexity index is 330. The number of rotatable bonds is 3. The molecule has 1 aromatic carbocycles. The number of benzene rings is 1. The molecule has 1 atom stereocenters. The lowest BCUT2D eigenvalue weighted by atomic mass is 10.1. The summed E-state index contributed by atoms with van der Waals surface area (Å²) in [6.45, 7) is 0. The minimum atomic E-state index is -4.36. The number of carbonyl (C=O) groups excluding carboxylic acids is 1. The number of hydrogen-bond acceptors (Lipinski definition) is 2. The van der Waals surface area contributed by atoms with Crippen LogP contribution in [-0.4, -0.2) is 17.5 Å². The Morgan fingerprint density at radius 3 is 2.20 bits per heavy atom. The first-order chi connectivity index (χ1) is 6.93. The van der Waals surface area contributed by atoms with Crippen molar-refractivity contribution in [1.82, 2.24) is 0 Å². The zero-order valence-corrected chi connectivity index (χ0v) is 7.66. The van der Waals surface area contributed by atoms with Gasteiger partial charge in [-0.25, -0.2) is 0 Å². The summed E-state index contributed by atoms with van der Waals surface area (Å²) in [5.41, 5.74) is -0.255. The fourth-order valence-electron chi connectivity index (χ4n) is 1.12. The molecule has 0 bridgehead atoms. The molecule has 0 saturated heterocycles. The molecule has 0 aromatic heterocycles. The maximum absolute atomic E-state index is 12.1. The summed E-state index contributed by atoms with van der Waals surface area (Å²) in [4.78, 5) is 10.1. The quantitative estimate of drug-likeness (QED) is 0.785. The molecule has 0 heterocycles. The average Bonchev–Trinajstić information content (AvgIpc) is 2.17. The van der Waals surface area contributed by atoms with Crippen molar-refractivity contribution in [3.05, 3.63) is 35.4 Å². The molecule has 0 aliphatic heterocycles. The zero-order chi connectivity index (χ0) is 11.5. The first kappa shape index (κ1) is 11.7. The Labute approximate surface area is 84.3 Å². The van der Waals surface area contributed by atoms with Gasteiger partial charge in [-0.1, -0.05) is 12.1 Å². The summed E-state index contributed by atoms with van der Waals surface area (Å²) in [7, 11) is 0. The van der Waals surface area contributed by atoms with Gasteiger partial charge in [0, 0.05) is 6.42 Å². The fraction of sp³-hybridized carbons (Fsp3) is 0.300. The Kier molecular flexibility index (Phi) is 3.47. The van der Waals surface area contributed by atoms with Gasteiger partial charge in [0.25, 0.3) is 0 Å². The lowest BCUT2D eigenvalue weighted by Crippen LogP contribution is -2.12. The first-order valence-corrected chi connectivity index (χ1v) is 4.23. The van der Waals surface area contributed by atoms with Crippen LogP contribution < -0.4 is 0 Å². The predicted molar refractivity (Wildman–Crippen MR) is 47.2 cm³/mol. The van der Waals surface area contributed by atoms with Crippen LogP contribution in [0.5, 0.6) is 0 Å². The van der Waals surface area contributed by atoms with Crippen LogP contribution in [-0.2, 0) is 17.4 Å². The number of hydrogen-bond donors (Lipinski definition) is 1. The summed E-state index contributed by atoms with van der Waals surface area (Å²) in [5.74, 6) is 0. The largest absolute Gasteiger partial charge is 0.416 e. The highest BCUT2D eigenvalue weighted by atomic mass is 19.4. The van der Waals surface area contributed by atoms with Gasteiger partial charge in [-0.2, -0.15) is 13.2 Å². The van der Waals surface area contributed by atoms with Crippen molar-refractivity contribution in [2.24, 2.45) is 0 Å². The van der Waals surface area contributed by atoms with E-state index < -0.39 is 17.8 Å². The second-order valence-corrected chi connectivity index (χ2v) is 3.10. The van der Waals surface area contributed by atoms with Crippen molar-refractivity contribution in [3.8, 4) is 0 Å². The molecule has 1 aromatic rings. The monoisotopic (exact) mass is 218 g/mol. The van der Waals surface area contributed by atoms with Crippen LogP contribution in [0.15, 0.2) is 24.3 Å². The van der Waals surface area contributed by atoms with Gasteiger partial charge < -0.3 is 9.90 Å². The maximum Gasteiger partial charge on any atom is 0.416 e. The van der Waals surface area contributed by atoms with Gasteiger partial charge in [0.15, 0.2) is 0 Å². The number of halogens is 3. The minimum Gasteiger partial charge on any atom is -0.385 e.